The molecule has 0 spiro atoms. The number of rotatable bonds is 5. The molecule has 0 aliphatic carbocycles. The number of halogens is 2. The molecule has 0 radical (unpaired) electrons. The average molecular weight is 415 g/mol. The van der Waals surface area contributed by atoms with Gasteiger partial charge >= 0.3 is 6.03 Å². The van der Waals surface area contributed by atoms with Gasteiger partial charge in [0.15, 0.2) is 0 Å². The van der Waals surface area contributed by atoms with Gasteiger partial charge in [-0.2, -0.15) is 0 Å². The zero-order valence-electron chi connectivity index (χ0n) is 17.5. The first-order valence-electron chi connectivity index (χ1n) is 10.3. The third-order valence-electron chi connectivity index (χ3n) is 5.79. The molecule has 1 aliphatic heterocycles. The van der Waals surface area contributed by atoms with E-state index in [1.807, 2.05) is 23.3 Å². The Hall–Kier alpha value is -2.67. The maximum Gasteiger partial charge on any atom is 0.320 e. The van der Waals surface area contributed by atoms with Crippen molar-refractivity contribution in [1.82, 2.24) is 14.4 Å². The van der Waals surface area contributed by atoms with Crippen LogP contribution in [0.1, 0.15) is 27.2 Å². The largest absolute Gasteiger partial charge is 0.386 e. The molecule has 0 saturated carbocycles. The Balaban J connectivity index is 1.68. The van der Waals surface area contributed by atoms with E-state index in [-0.39, 0.29) is 25.2 Å². The van der Waals surface area contributed by atoms with Gasteiger partial charge < -0.3 is 19.5 Å². The Kier molecular flexibility index (Phi) is 5.18. The molecule has 30 heavy (non-hydrogen) atoms. The lowest BCUT2D eigenvalue weighted by Crippen LogP contribution is -2.56. The third kappa shape index (κ3) is 3.74. The standard InChI is InChI=1S/C23H27F2N3O2/c1-15(2)27-10-4-9-26(22(27)29)13-23(3,30)14-28-20-7-5-16(24)11-18(20)19-12-17(25)6-8-21(19)28/h5-8,11-12,15,30H,4,9-10,13-14H2,1-3H3. The molecule has 3 aromatic rings. The molecule has 1 atom stereocenters. The second-order valence-corrected chi connectivity index (χ2v) is 8.75. The molecule has 1 saturated heterocycles. The minimum absolute atomic E-state index is 0.0668. The Labute approximate surface area is 174 Å². The van der Waals surface area contributed by atoms with E-state index in [0.29, 0.717) is 28.4 Å². The Morgan fingerprint density at radius 3 is 2.10 bits per heavy atom. The molecule has 1 N–H and O–H groups in total. The minimum Gasteiger partial charge on any atom is -0.386 e. The third-order valence-corrected chi connectivity index (χ3v) is 5.79. The topological polar surface area (TPSA) is 48.7 Å². The van der Waals surface area contributed by atoms with Crippen molar-refractivity contribution >= 4 is 27.8 Å². The number of carbonyl (C=O) groups excluding carboxylic acids is 1. The maximum absolute atomic E-state index is 13.9. The number of urea groups is 1. The number of aromatic nitrogens is 1. The molecule has 1 fully saturated rings. The fourth-order valence-corrected chi connectivity index (χ4v) is 4.45. The number of β-amino-alcohol motifs (C(OH)–C–C–N with tert-alkyl or cyclic N) is 1. The molecule has 2 heterocycles. The van der Waals surface area contributed by atoms with Crippen molar-refractivity contribution in [3.8, 4) is 0 Å². The van der Waals surface area contributed by atoms with Gasteiger partial charge in [-0.1, -0.05) is 0 Å². The number of aliphatic hydroxyl groups is 1. The predicted octanol–water partition coefficient (Wildman–Crippen LogP) is 4.36. The van der Waals surface area contributed by atoms with Crippen molar-refractivity contribution in [2.45, 2.75) is 45.4 Å². The predicted molar refractivity (Wildman–Crippen MR) is 113 cm³/mol. The van der Waals surface area contributed by atoms with E-state index < -0.39 is 17.2 Å². The SMILES string of the molecule is CC(C)N1CCCN(CC(C)(O)Cn2c3ccc(F)cc3c3cc(F)ccc32)C1=O. The van der Waals surface area contributed by atoms with E-state index in [9.17, 15) is 18.7 Å². The maximum atomic E-state index is 13.9. The molecule has 1 unspecified atom stereocenters. The second kappa shape index (κ2) is 7.54. The van der Waals surface area contributed by atoms with Gasteiger partial charge in [0, 0.05) is 40.9 Å². The second-order valence-electron chi connectivity index (χ2n) is 8.75. The normalized spacial score (nSPS) is 17.4. The summed E-state index contributed by atoms with van der Waals surface area (Å²) in [7, 11) is 0. The van der Waals surface area contributed by atoms with Gasteiger partial charge in [-0.3, -0.25) is 0 Å². The van der Waals surface area contributed by atoms with Crippen molar-refractivity contribution in [3.63, 3.8) is 0 Å². The van der Waals surface area contributed by atoms with Gasteiger partial charge in [0.25, 0.3) is 0 Å². The summed E-state index contributed by atoms with van der Waals surface area (Å²) in [5.74, 6) is -0.796. The van der Waals surface area contributed by atoms with Crippen molar-refractivity contribution in [1.29, 1.82) is 0 Å². The molecule has 7 heteroatoms. The highest BCUT2D eigenvalue weighted by Gasteiger charge is 2.33. The van der Waals surface area contributed by atoms with Gasteiger partial charge in [-0.15, -0.1) is 0 Å². The number of fused-ring (bicyclic) bond motifs is 3. The lowest BCUT2D eigenvalue weighted by Gasteiger charge is -2.41. The monoisotopic (exact) mass is 415 g/mol. The Morgan fingerprint density at radius 1 is 1.00 bits per heavy atom. The highest BCUT2D eigenvalue weighted by molar-refractivity contribution is 6.08. The molecule has 160 valence electrons. The van der Waals surface area contributed by atoms with Crippen LogP contribution >= 0.6 is 0 Å². The summed E-state index contributed by atoms with van der Waals surface area (Å²) < 4.78 is 29.6. The van der Waals surface area contributed by atoms with Crippen LogP contribution in [0.2, 0.25) is 0 Å². The van der Waals surface area contributed by atoms with E-state index in [4.69, 9.17) is 0 Å². The molecule has 1 aliphatic rings. The van der Waals surface area contributed by atoms with Crippen LogP contribution in [0, 0.1) is 11.6 Å². The molecule has 1 aromatic heterocycles. The molecule has 2 aromatic carbocycles. The fourth-order valence-electron chi connectivity index (χ4n) is 4.45. The molecule has 5 nitrogen and oxygen atoms in total. The first-order valence-corrected chi connectivity index (χ1v) is 10.3. The van der Waals surface area contributed by atoms with E-state index in [1.54, 1.807) is 24.0 Å². The smallest absolute Gasteiger partial charge is 0.320 e. The fraction of sp³-hybridized carbons (Fsp3) is 0.435. The van der Waals surface area contributed by atoms with Crippen LogP contribution in [0.4, 0.5) is 13.6 Å². The number of hydrogen-bond donors (Lipinski definition) is 1. The summed E-state index contributed by atoms with van der Waals surface area (Å²) in [5, 5.41) is 12.4. The lowest BCUT2D eigenvalue weighted by atomic mass is 10.1. The van der Waals surface area contributed by atoms with E-state index >= 15 is 0 Å². The summed E-state index contributed by atoms with van der Waals surface area (Å²) in [6, 6.07) is 8.81. The van der Waals surface area contributed by atoms with Crippen molar-refractivity contribution < 1.29 is 18.7 Å². The van der Waals surface area contributed by atoms with Gasteiger partial charge in [0.05, 0.1) is 18.7 Å². The van der Waals surface area contributed by atoms with Crippen molar-refractivity contribution in [2.24, 2.45) is 0 Å². The quantitative estimate of drug-likeness (QED) is 0.673. The average Bonchev–Trinajstić information content (AvgIpc) is 2.95. The van der Waals surface area contributed by atoms with Crippen LogP contribution in [0.5, 0.6) is 0 Å². The van der Waals surface area contributed by atoms with Crippen LogP contribution in [0.15, 0.2) is 36.4 Å². The molecule has 2 amide bonds. The number of amides is 2. The number of carbonyl (C=O) groups is 1. The number of benzene rings is 2. The van der Waals surface area contributed by atoms with Crippen LogP contribution in [-0.2, 0) is 6.54 Å². The van der Waals surface area contributed by atoms with Crippen molar-refractivity contribution in [2.75, 3.05) is 19.6 Å². The van der Waals surface area contributed by atoms with Crippen molar-refractivity contribution in [3.05, 3.63) is 48.0 Å². The molecule has 4 rings (SSSR count). The highest BCUT2D eigenvalue weighted by atomic mass is 19.1. The summed E-state index contributed by atoms with van der Waals surface area (Å²) in [6.07, 6.45) is 0.855. The lowest BCUT2D eigenvalue weighted by molar-refractivity contribution is 0.00419. The molecular weight excluding hydrogens is 388 g/mol. The summed E-state index contributed by atoms with van der Waals surface area (Å²) in [6.45, 7) is 7.35. The molecular formula is C23H27F2N3O2. The van der Waals surface area contributed by atoms with Crippen LogP contribution in [-0.4, -0.2) is 56.8 Å². The Bertz CT molecular complexity index is 1050. The molecule has 0 bridgehead atoms. The van der Waals surface area contributed by atoms with Crippen LogP contribution < -0.4 is 0 Å². The van der Waals surface area contributed by atoms with Gasteiger partial charge in [0.1, 0.15) is 11.6 Å². The minimum atomic E-state index is -1.22. The van der Waals surface area contributed by atoms with E-state index in [0.717, 1.165) is 13.0 Å². The first-order chi connectivity index (χ1) is 14.2. The van der Waals surface area contributed by atoms with Crippen LogP contribution in [0.25, 0.3) is 21.8 Å². The first kappa shape index (κ1) is 20.6. The number of nitrogens with zero attached hydrogens (tertiary/aromatic N) is 3. The van der Waals surface area contributed by atoms with Crippen LogP contribution in [0.3, 0.4) is 0 Å². The van der Waals surface area contributed by atoms with Gasteiger partial charge in [-0.25, -0.2) is 13.6 Å². The van der Waals surface area contributed by atoms with E-state index in [1.165, 1.54) is 24.3 Å². The number of hydrogen-bond acceptors (Lipinski definition) is 2. The zero-order chi connectivity index (χ0) is 21.6. The summed E-state index contributed by atoms with van der Waals surface area (Å²) in [5.41, 5.74) is 0.203. The van der Waals surface area contributed by atoms with E-state index in [2.05, 4.69) is 0 Å². The summed E-state index contributed by atoms with van der Waals surface area (Å²) >= 11 is 0. The Morgan fingerprint density at radius 2 is 1.57 bits per heavy atom. The highest BCUT2D eigenvalue weighted by Crippen LogP contribution is 2.32. The van der Waals surface area contributed by atoms with Gasteiger partial charge in [-0.05, 0) is 63.6 Å². The summed E-state index contributed by atoms with van der Waals surface area (Å²) in [4.78, 5) is 16.3. The zero-order valence-corrected chi connectivity index (χ0v) is 17.5. The van der Waals surface area contributed by atoms with Gasteiger partial charge in [0.2, 0.25) is 0 Å².